The smallest absolute Gasteiger partial charge is 0.220 e. The number of nitrogens with one attached hydrogen (secondary N) is 3. The first-order valence-corrected chi connectivity index (χ1v) is 16.4. The van der Waals surface area contributed by atoms with Gasteiger partial charge in [0.2, 0.25) is 11.8 Å². The van der Waals surface area contributed by atoms with Crippen LogP contribution in [0.15, 0.2) is 66.9 Å². The third kappa shape index (κ3) is 7.15. The van der Waals surface area contributed by atoms with Crippen molar-refractivity contribution >= 4 is 40.1 Å². The second kappa shape index (κ2) is 14.4. The number of aryl methyl sites for hydroxylation is 1. The van der Waals surface area contributed by atoms with Gasteiger partial charge in [-0.3, -0.25) is 4.79 Å². The molecule has 2 atom stereocenters. The van der Waals surface area contributed by atoms with Crippen LogP contribution in [0.2, 0.25) is 10.0 Å². The first-order chi connectivity index (χ1) is 22.7. The van der Waals surface area contributed by atoms with Gasteiger partial charge in [0.25, 0.3) is 0 Å². The summed E-state index contributed by atoms with van der Waals surface area (Å²) in [5.41, 5.74) is 7.45. The molecule has 4 heterocycles. The Bertz CT molecular complexity index is 1930. The predicted molar refractivity (Wildman–Crippen MR) is 188 cm³/mol. The minimum Gasteiger partial charge on any atom is -0.481 e. The summed E-state index contributed by atoms with van der Waals surface area (Å²) >= 11 is 14.2. The molecule has 3 aromatic heterocycles. The number of carbonyl (C=O) groups is 1. The van der Waals surface area contributed by atoms with Gasteiger partial charge in [0.15, 0.2) is 0 Å². The standard InChI is InChI=1S/C36H38Cl2N6O3/c1-21(45)16-39-18-23-20-44(2)35-25(23)12-14-30(42-35)28-8-4-6-26(33(28)37)27-7-5-9-29(34(27)38)31-13-10-22(36(43-31)47-3)17-40-19-24-11-15-32(46)41-24/h4-10,12-14,20-21,24,39-40,45H,11,15-19H2,1-3H3,(H,41,46)/t21-,24+/m0/s1. The van der Waals surface area contributed by atoms with Crippen molar-refractivity contribution in [3.05, 3.63) is 88.0 Å². The van der Waals surface area contributed by atoms with Crippen molar-refractivity contribution in [1.82, 2.24) is 30.5 Å². The Hall–Kier alpha value is -3.99. The molecule has 1 saturated heterocycles. The third-order valence-electron chi connectivity index (χ3n) is 8.42. The highest BCUT2D eigenvalue weighted by atomic mass is 35.5. The van der Waals surface area contributed by atoms with Crippen LogP contribution in [0.3, 0.4) is 0 Å². The molecule has 0 saturated carbocycles. The van der Waals surface area contributed by atoms with Gasteiger partial charge < -0.3 is 30.4 Å². The molecular weight excluding hydrogens is 635 g/mol. The number of hydrogen-bond acceptors (Lipinski definition) is 7. The summed E-state index contributed by atoms with van der Waals surface area (Å²) in [4.78, 5) is 21.3. The van der Waals surface area contributed by atoms with E-state index in [-0.39, 0.29) is 11.9 Å². The number of carbonyl (C=O) groups excluding carboxylic acids is 1. The molecule has 11 heteroatoms. The Morgan fingerprint density at radius 3 is 2.21 bits per heavy atom. The fourth-order valence-corrected chi connectivity index (χ4v) is 6.71. The van der Waals surface area contributed by atoms with Gasteiger partial charge in [0, 0.05) is 85.1 Å². The lowest BCUT2D eigenvalue weighted by Crippen LogP contribution is -2.35. The van der Waals surface area contributed by atoms with Gasteiger partial charge in [-0.15, -0.1) is 0 Å². The van der Waals surface area contributed by atoms with Crippen molar-refractivity contribution in [1.29, 1.82) is 0 Å². The van der Waals surface area contributed by atoms with Crippen LogP contribution >= 0.6 is 23.2 Å². The lowest BCUT2D eigenvalue weighted by atomic mass is 9.98. The first-order valence-electron chi connectivity index (χ1n) is 15.7. The molecule has 1 aliphatic rings. The molecule has 5 aromatic rings. The van der Waals surface area contributed by atoms with E-state index in [1.807, 2.05) is 66.2 Å². The molecule has 244 valence electrons. The van der Waals surface area contributed by atoms with Gasteiger partial charge in [-0.25, -0.2) is 9.97 Å². The summed E-state index contributed by atoms with van der Waals surface area (Å²) in [6.07, 6.45) is 3.06. The average Bonchev–Trinajstić information content (AvgIpc) is 3.62. The summed E-state index contributed by atoms with van der Waals surface area (Å²) in [6, 6.07) is 19.8. The van der Waals surface area contributed by atoms with Crippen LogP contribution in [0.5, 0.6) is 5.88 Å². The monoisotopic (exact) mass is 672 g/mol. The first kappa shape index (κ1) is 32.9. The molecule has 9 nitrogen and oxygen atoms in total. The number of benzene rings is 2. The average molecular weight is 674 g/mol. The highest BCUT2D eigenvalue weighted by Crippen LogP contribution is 2.42. The zero-order valence-electron chi connectivity index (χ0n) is 26.6. The van der Waals surface area contributed by atoms with E-state index in [0.29, 0.717) is 54.2 Å². The van der Waals surface area contributed by atoms with Crippen molar-refractivity contribution in [2.75, 3.05) is 20.2 Å². The Morgan fingerprint density at radius 2 is 1.57 bits per heavy atom. The van der Waals surface area contributed by atoms with Crippen molar-refractivity contribution in [2.45, 2.75) is 45.0 Å². The zero-order valence-corrected chi connectivity index (χ0v) is 28.1. The van der Waals surface area contributed by atoms with Gasteiger partial charge >= 0.3 is 0 Å². The van der Waals surface area contributed by atoms with E-state index in [9.17, 15) is 9.90 Å². The lowest BCUT2D eigenvalue weighted by Gasteiger charge is -2.15. The van der Waals surface area contributed by atoms with Crippen LogP contribution in [-0.2, 0) is 24.9 Å². The Balaban J connectivity index is 1.26. The molecule has 47 heavy (non-hydrogen) atoms. The lowest BCUT2D eigenvalue weighted by molar-refractivity contribution is -0.119. The largest absolute Gasteiger partial charge is 0.481 e. The fraction of sp³-hybridized carbons (Fsp3) is 0.306. The number of pyridine rings is 2. The highest BCUT2D eigenvalue weighted by molar-refractivity contribution is 6.39. The third-order valence-corrected chi connectivity index (χ3v) is 9.24. The quantitative estimate of drug-likeness (QED) is 0.126. The molecule has 1 fully saturated rings. The van der Waals surface area contributed by atoms with Crippen LogP contribution in [0.1, 0.15) is 30.9 Å². The molecule has 2 aromatic carbocycles. The summed E-state index contributed by atoms with van der Waals surface area (Å²) in [6.45, 7) is 4.16. The van der Waals surface area contributed by atoms with Crippen LogP contribution in [-0.4, -0.2) is 57.9 Å². The molecule has 6 rings (SSSR count). The van der Waals surface area contributed by atoms with Crippen LogP contribution < -0.4 is 20.7 Å². The van der Waals surface area contributed by atoms with Crippen LogP contribution in [0, 0.1) is 0 Å². The van der Waals surface area contributed by atoms with Crippen molar-refractivity contribution < 1.29 is 14.6 Å². The number of aromatic nitrogens is 3. The molecular formula is C36H38Cl2N6O3. The minimum atomic E-state index is -0.412. The number of nitrogens with zero attached hydrogens (tertiary/aromatic N) is 3. The molecule has 1 aliphatic heterocycles. The summed E-state index contributed by atoms with van der Waals surface area (Å²) in [5.74, 6) is 0.613. The maximum Gasteiger partial charge on any atom is 0.220 e. The number of amides is 1. The molecule has 0 spiro atoms. The Kier molecular flexibility index (Phi) is 10.1. The van der Waals surface area contributed by atoms with Gasteiger partial charge in [-0.2, -0.15) is 0 Å². The molecule has 0 radical (unpaired) electrons. The number of aliphatic hydroxyl groups is 1. The maximum atomic E-state index is 11.5. The van der Waals surface area contributed by atoms with E-state index < -0.39 is 6.10 Å². The molecule has 0 aliphatic carbocycles. The van der Waals surface area contributed by atoms with Crippen molar-refractivity contribution in [2.24, 2.45) is 7.05 Å². The van der Waals surface area contributed by atoms with Gasteiger partial charge in [-0.1, -0.05) is 65.7 Å². The number of halogens is 2. The van der Waals surface area contributed by atoms with E-state index in [1.54, 1.807) is 14.0 Å². The summed E-state index contributed by atoms with van der Waals surface area (Å²) in [7, 11) is 3.58. The number of rotatable bonds is 12. The second-order valence-corrected chi connectivity index (χ2v) is 12.7. The number of aliphatic hydroxyl groups excluding tert-OH is 1. The Morgan fingerprint density at radius 1 is 0.936 bits per heavy atom. The molecule has 1 amide bonds. The van der Waals surface area contributed by atoms with Crippen LogP contribution in [0.25, 0.3) is 44.7 Å². The minimum absolute atomic E-state index is 0.103. The molecule has 0 bridgehead atoms. The van der Waals surface area contributed by atoms with E-state index in [2.05, 4.69) is 28.2 Å². The normalized spacial score (nSPS) is 15.3. The maximum absolute atomic E-state index is 11.5. The van der Waals surface area contributed by atoms with Crippen molar-refractivity contribution in [3.8, 4) is 39.5 Å². The summed E-state index contributed by atoms with van der Waals surface area (Å²) < 4.78 is 7.66. The Labute approximate surface area is 284 Å². The molecule has 0 unspecified atom stereocenters. The number of fused-ring (bicyclic) bond motifs is 1. The number of methoxy groups -OCH3 is 1. The van der Waals surface area contributed by atoms with E-state index in [4.69, 9.17) is 37.9 Å². The van der Waals surface area contributed by atoms with Gasteiger partial charge in [0.1, 0.15) is 5.65 Å². The summed E-state index contributed by atoms with van der Waals surface area (Å²) in [5, 5.41) is 21.4. The van der Waals surface area contributed by atoms with Gasteiger partial charge in [0.05, 0.1) is 34.6 Å². The fourth-order valence-electron chi connectivity index (χ4n) is 6.06. The number of ether oxygens (including phenoxy) is 1. The van der Waals surface area contributed by atoms with Gasteiger partial charge in [-0.05, 0) is 37.1 Å². The number of hydrogen-bond donors (Lipinski definition) is 4. The predicted octanol–water partition coefficient (Wildman–Crippen LogP) is 6.12. The van der Waals surface area contributed by atoms with E-state index >= 15 is 0 Å². The van der Waals surface area contributed by atoms with Crippen LogP contribution in [0.4, 0.5) is 0 Å². The zero-order chi connectivity index (χ0) is 33.1. The second-order valence-electron chi connectivity index (χ2n) is 11.9. The van der Waals surface area contributed by atoms with Crippen molar-refractivity contribution in [3.63, 3.8) is 0 Å². The van der Waals surface area contributed by atoms with E-state index in [0.717, 1.165) is 56.5 Å². The highest BCUT2D eigenvalue weighted by Gasteiger charge is 2.21. The topological polar surface area (TPSA) is 113 Å². The van der Waals surface area contributed by atoms with E-state index in [1.165, 1.54) is 0 Å². The molecule has 4 N–H and O–H groups in total. The SMILES string of the molecule is COc1nc(-c2cccc(-c3cccc(-c4ccc5c(CNC[C@H](C)O)cn(C)c5n4)c3Cl)c2Cl)ccc1CNC[C@H]1CCC(=O)N1.